The number of benzene rings is 1. The molecule has 0 spiro atoms. The zero-order valence-corrected chi connectivity index (χ0v) is 14.2. The minimum absolute atomic E-state index is 0.0523. The highest BCUT2D eigenvalue weighted by atomic mass is 16.5. The molecule has 1 fully saturated rings. The van der Waals surface area contributed by atoms with E-state index in [1.54, 1.807) is 0 Å². The number of fused-ring (bicyclic) bond motifs is 1. The highest BCUT2D eigenvalue weighted by Crippen LogP contribution is 2.36. The van der Waals surface area contributed by atoms with Gasteiger partial charge in [-0.15, -0.1) is 0 Å². The van der Waals surface area contributed by atoms with Gasteiger partial charge in [0.25, 0.3) is 0 Å². The lowest BCUT2D eigenvalue weighted by Gasteiger charge is -2.34. The number of hydrogen-bond acceptors (Lipinski definition) is 5. The summed E-state index contributed by atoms with van der Waals surface area (Å²) in [4.78, 5) is 18.6. The van der Waals surface area contributed by atoms with Gasteiger partial charge in [-0.05, 0) is 36.8 Å². The molecular weight excluding hydrogens is 318 g/mol. The fraction of sp³-hybridized carbons (Fsp3) is 0.500. The second-order valence-electron chi connectivity index (χ2n) is 6.94. The molecule has 7 nitrogen and oxygen atoms in total. The fourth-order valence-corrected chi connectivity index (χ4v) is 3.40. The van der Waals surface area contributed by atoms with E-state index in [9.17, 15) is 4.79 Å². The van der Waals surface area contributed by atoms with Crippen molar-refractivity contribution in [3.63, 3.8) is 0 Å². The summed E-state index contributed by atoms with van der Waals surface area (Å²) in [6.07, 6.45) is 4.32. The van der Waals surface area contributed by atoms with Crippen LogP contribution in [-0.4, -0.2) is 34.2 Å². The predicted molar refractivity (Wildman–Crippen MR) is 91.7 cm³/mol. The zero-order valence-electron chi connectivity index (χ0n) is 14.2. The molecule has 0 saturated heterocycles. The number of urea groups is 1. The van der Waals surface area contributed by atoms with E-state index < -0.39 is 5.54 Å². The van der Waals surface area contributed by atoms with Crippen LogP contribution in [0, 0.1) is 0 Å². The minimum atomic E-state index is -0.411. The normalized spacial score (nSPS) is 18.4. The molecule has 0 atom stereocenters. The third kappa shape index (κ3) is 3.24. The summed E-state index contributed by atoms with van der Waals surface area (Å²) >= 11 is 0. The largest absolute Gasteiger partial charge is 0.339 e. The summed E-state index contributed by atoms with van der Waals surface area (Å²) in [6.45, 7) is 1.86. The number of carbonyl (C=O) groups excluding carboxylic acids is 1. The van der Waals surface area contributed by atoms with Gasteiger partial charge in [0.2, 0.25) is 5.89 Å². The second kappa shape index (κ2) is 6.48. The van der Waals surface area contributed by atoms with E-state index in [1.807, 2.05) is 17.0 Å². The van der Waals surface area contributed by atoms with Crippen LogP contribution in [0.2, 0.25) is 0 Å². The molecular formula is C18H23N5O2. The Morgan fingerprint density at radius 1 is 1.32 bits per heavy atom. The Morgan fingerprint density at radius 2 is 2.12 bits per heavy atom. The van der Waals surface area contributed by atoms with Gasteiger partial charge in [0.1, 0.15) is 0 Å². The van der Waals surface area contributed by atoms with Crippen molar-refractivity contribution in [2.45, 2.75) is 44.2 Å². The Labute approximate surface area is 146 Å². The van der Waals surface area contributed by atoms with Gasteiger partial charge in [0.15, 0.2) is 5.82 Å². The Balaban J connectivity index is 1.27. The molecule has 0 radical (unpaired) electrons. The van der Waals surface area contributed by atoms with Crippen LogP contribution < -0.4 is 11.1 Å². The molecule has 2 amide bonds. The number of rotatable bonds is 4. The SMILES string of the molecule is NC1(c2noc(CCNC(=O)N3CCc4ccccc4C3)n2)CCC1. The number of nitrogens with two attached hydrogens (primary N) is 1. The molecule has 1 aliphatic carbocycles. The third-order valence-electron chi connectivity index (χ3n) is 5.19. The number of hydrogen-bond donors (Lipinski definition) is 2. The van der Waals surface area contributed by atoms with Crippen LogP contribution >= 0.6 is 0 Å². The molecule has 25 heavy (non-hydrogen) atoms. The minimum Gasteiger partial charge on any atom is -0.339 e. The number of carbonyl (C=O) groups is 1. The Hall–Kier alpha value is -2.41. The Bertz CT molecular complexity index is 768. The Kier molecular flexibility index (Phi) is 4.17. The second-order valence-corrected chi connectivity index (χ2v) is 6.94. The average molecular weight is 341 g/mol. The number of nitrogens with one attached hydrogen (secondary N) is 1. The van der Waals surface area contributed by atoms with E-state index in [-0.39, 0.29) is 6.03 Å². The average Bonchev–Trinajstić information content (AvgIpc) is 3.08. The summed E-state index contributed by atoms with van der Waals surface area (Å²) in [7, 11) is 0. The summed E-state index contributed by atoms with van der Waals surface area (Å²) < 4.78 is 5.25. The van der Waals surface area contributed by atoms with Crippen LogP contribution in [0.1, 0.15) is 42.1 Å². The van der Waals surface area contributed by atoms with Crippen LogP contribution in [0.3, 0.4) is 0 Å². The maximum Gasteiger partial charge on any atom is 0.317 e. The first-order valence-corrected chi connectivity index (χ1v) is 8.86. The molecule has 1 saturated carbocycles. The van der Waals surface area contributed by atoms with E-state index in [0.717, 1.165) is 32.2 Å². The van der Waals surface area contributed by atoms with Crippen LogP contribution in [0.15, 0.2) is 28.8 Å². The molecule has 7 heteroatoms. The molecule has 2 aliphatic rings. The van der Waals surface area contributed by atoms with Crippen LogP contribution in [0.5, 0.6) is 0 Å². The van der Waals surface area contributed by atoms with Crippen molar-refractivity contribution in [2.24, 2.45) is 5.73 Å². The van der Waals surface area contributed by atoms with E-state index >= 15 is 0 Å². The predicted octanol–water partition coefficient (Wildman–Crippen LogP) is 1.72. The summed E-state index contributed by atoms with van der Waals surface area (Å²) in [5, 5.41) is 6.92. The van der Waals surface area contributed by atoms with Gasteiger partial charge in [0, 0.05) is 26.1 Å². The quantitative estimate of drug-likeness (QED) is 0.882. The van der Waals surface area contributed by atoms with Gasteiger partial charge >= 0.3 is 6.03 Å². The van der Waals surface area contributed by atoms with E-state index in [0.29, 0.717) is 31.2 Å². The fourth-order valence-electron chi connectivity index (χ4n) is 3.40. The van der Waals surface area contributed by atoms with Crippen molar-refractivity contribution in [1.82, 2.24) is 20.4 Å². The Morgan fingerprint density at radius 3 is 2.88 bits per heavy atom. The zero-order chi connectivity index (χ0) is 17.3. The first kappa shape index (κ1) is 16.1. The number of aromatic nitrogens is 2. The lowest BCUT2D eigenvalue weighted by molar-refractivity contribution is 0.192. The molecule has 0 bridgehead atoms. The number of nitrogens with zero attached hydrogens (tertiary/aromatic N) is 3. The molecule has 2 heterocycles. The molecule has 1 aliphatic heterocycles. The summed E-state index contributed by atoms with van der Waals surface area (Å²) in [5.74, 6) is 1.11. The van der Waals surface area contributed by atoms with Crippen LogP contribution in [-0.2, 0) is 24.9 Å². The van der Waals surface area contributed by atoms with Gasteiger partial charge in [-0.25, -0.2) is 4.79 Å². The molecule has 2 aromatic rings. The highest BCUT2D eigenvalue weighted by molar-refractivity contribution is 5.74. The molecule has 4 rings (SSSR count). The first-order chi connectivity index (χ1) is 12.1. The first-order valence-electron chi connectivity index (χ1n) is 8.86. The van der Waals surface area contributed by atoms with E-state index in [4.69, 9.17) is 10.3 Å². The van der Waals surface area contributed by atoms with Crippen molar-refractivity contribution in [3.8, 4) is 0 Å². The summed E-state index contributed by atoms with van der Waals surface area (Å²) in [6, 6.07) is 8.22. The third-order valence-corrected chi connectivity index (χ3v) is 5.19. The van der Waals surface area contributed by atoms with Crippen molar-refractivity contribution < 1.29 is 9.32 Å². The number of amides is 2. The lowest BCUT2D eigenvalue weighted by Crippen LogP contribution is -2.44. The van der Waals surface area contributed by atoms with E-state index in [2.05, 4.69) is 27.6 Å². The summed E-state index contributed by atoms with van der Waals surface area (Å²) in [5.41, 5.74) is 8.33. The van der Waals surface area contributed by atoms with Gasteiger partial charge in [-0.3, -0.25) is 0 Å². The highest BCUT2D eigenvalue weighted by Gasteiger charge is 2.38. The molecule has 132 valence electrons. The van der Waals surface area contributed by atoms with Crippen molar-refractivity contribution in [2.75, 3.05) is 13.1 Å². The van der Waals surface area contributed by atoms with Crippen molar-refractivity contribution in [1.29, 1.82) is 0 Å². The smallest absolute Gasteiger partial charge is 0.317 e. The van der Waals surface area contributed by atoms with Gasteiger partial charge in [-0.2, -0.15) is 4.98 Å². The molecule has 3 N–H and O–H groups in total. The van der Waals surface area contributed by atoms with Gasteiger partial charge in [0.05, 0.1) is 5.54 Å². The van der Waals surface area contributed by atoms with Crippen molar-refractivity contribution in [3.05, 3.63) is 47.1 Å². The van der Waals surface area contributed by atoms with Gasteiger partial charge in [-0.1, -0.05) is 29.4 Å². The van der Waals surface area contributed by atoms with Crippen molar-refractivity contribution >= 4 is 6.03 Å². The van der Waals surface area contributed by atoms with E-state index in [1.165, 1.54) is 11.1 Å². The molecule has 1 aromatic heterocycles. The molecule has 0 unspecified atom stereocenters. The topological polar surface area (TPSA) is 97.3 Å². The maximum absolute atomic E-state index is 12.3. The van der Waals surface area contributed by atoms with Gasteiger partial charge < -0.3 is 20.5 Å². The maximum atomic E-state index is 12.3. The molecule has 1 aromatic carbocycles. The van der Waals surface area contributed by atoms with Crippen LogP contribution in [0.25, 0.3) is 0 Å². The lowest BCUT2D eigenvalue weighted by atomic mass is 9.77. The van der Waals surface area contributed by atoms with Crippen LogP contribution in [0.4, 0.5) is 4.79 Å². The standard InChI is InChI=1S/C18H23N5O2/c19-18(8-3-9-18)16-21-15(25-22-16)6-10-20-17(24)23-11-7-13-4-1-2-5-14(13)12-23/h1-2,4-5H,3,6-12,19H2,(H,20,24). The monoisotopic (exact) mass is 341 g/mol.